The Morgan fingerprint density at radius 1 is 0.344 bits per heavy atom. The molecular formula is C57H39N3O. The predicted molar refractivity (Wildman–Crippen MR) is 251 cm³/mol. The van der Waals surface area contributed by atoms with Gasteiger partial charge in [-0.05, 0) is 107 Å². The molecule has 0 saturated heterocycles. The van der Waals surface area contributed by atoms with Gasteiger partial charge < -0.3 is 4.42 Å². The first-order chi connectivity index (χ1) is 29.7. The van der Waals surface area contributed by atoms with Crippen molar-refractivity contribution < 1.29 is 4.42 Å². The highest BCUT2D eigenvalue weighted by atomic mass is 16.3. The molecule has 0 bridgehead atoms. The summed E-state index contributed by atoms with van der Waals surface area (Å²) in [6.45, 7) is 9.25. The molecule has 13 rings (SSSR count). The van der Waals surface area contributed by atoms with Crippen LogP contribution < -0.4 is 0 Å². The third kappa shape index (κ3) is 4.79. The van der Waals surface area contributed by atoms with E-state index in [1.54, 1.807) is 0 Å². The maximum Gasteiger partial charge on any atom is 0.164 e. The maximum atomic E-state index is 6.72. The SMILES string of the molecule is CC1(C)c2ccccc2-c2ccc(-c3nc(-c4ccc5ccc6ccc7ccccc7c6c5c4)nc(-c4cccc5oc6cc7c(cc6c45)-c4ccccc4C7(C)C)n3)cc21. The van der Waals surface area contributed by atoms with Gasteiger partial charge in [0.1, 0.15) is 11.2 Å². The average Bonchev–Trinajstić information content (AvgIpc) is 3.86. The number of nitrogens with zero attached hydrogens (tertiary/aromatic N) is 3. The van der Waals surface area contributed by atoms with Gasteiger partial charge in [0.15, 0.2) is 17.5 Å². The number of aromatic nitrogens is 3. The Bertz CT molecular complexity index is 3710. The Hall–Kier alpha value is -7.43. The first-order valence-corrected chi connectivity index (χ1v) is 21.2. The summed E-state index contributed by atoms with van der Waals surface area (Å²) < 4.78 is 6.72. The number of hydrogen-bond donors (Lipinski definition) is 0. The first-order valence-electron chi connectivity index (χ1n) is 21.2. The molecule has 0 radical (unpaired) electrons. The summed E-state index contributed by atoms with van der Waals surface area (Å²) in [7, 11) is 0. The summed E-state index contributed by atoms with van der Waals surface area (Å²) in [6.07, 6.45) is 0. The van der Waals surface area contributed by atoms with Gasteiger partial charge >= 0.3 is 0 Å². The van der Waals surface area contributed by atoms with Crippen molar-refractivity contribution in [2.45, 2.75) is 38.5 Å². The number of benzene rings is 9. The van der Waals surface area contributed by atoms with E-state index >= 15 is 0 Å². The van der Waals surface area contributed by atoms with Crippen LogP contribution in [0, 0.1) is 0 Å². The van der Waals surface area contributed by atoms with Crippen LogP contribution in [0.1, 0.15) is 49.9 Å². The van der Waals surface area contributed by atoms with Crippen LogP contribution in [-0.4, -0.2) is 15.0 Å². The molecule has 0 aliphatic heterocycles. The van der Waals surface area contributed by atoms with Gasteiger partial charge in [0.2, 0.25) is 0 Å². The van der Waals surface area contributed by atoms with Gasteiger partial charge in [0.05, 0.1) is 0 Å². The monoisotopic (exact) mass is 781 g/mol. The molecule has 2 heterocycles. The van der Waals surface area contributed by atoms with Gasteiger partial charge in [-0.15, -0.1) is 0 Å². The van der Waals surface area contributed by atoms with Crippen LogP contribution in [-0.2, 0) is 10.8 Å². The molecule has 61 heavy (non-hydrogen) atoms. The second kappa shape index (κ2) is 12.1. The van der Waals surface area contributed by atoms with Gasteiger partial charge in [-0.2, -0.15) is 0 Å². The molecular weight excluding hydrogens is 743 g/mol. The van der Waals surface area contributed by atoms with E-state index in [4.69, 9.17) is 19.4 Å². The molecule has 288 valence electrons. The van der Waals surface area contributed by atoms with Crippen molar-refractivity contribution in [2.75, 3.05) is 0 Å². The first kappa shape index (κ1) is 34.4. The van der Waals surface area contributed by atoms with Crippen LogP contribution >= 0.6 is 0 Å². The highest BCUT2D eigenvalue weighted by Crippen LogP contribution is 2.52. The van der Waals surface area contributed by atoms with Crippen LogP contribution in [0.4, 0.5) is 0 Å². The van der Waals surface area contributed by atoms with Crippen molar-refractivity contribution in [3.05, 3.63) is 186 Å². The van der Waals surface area contributed by atoms with E-state index in [9.17, 15) is 0 Å². The second-order valence-electron chi connectivity index (χ2n) is 18.0. The third-order valence-corrected chi connectivity index (χ3v) is 13.9. The largest absolute Gasteiger partial charge is 0.456 e. The van der Waals surface area contributed by atoms with Gasteiger partial charge in [0.25, 0.3) is 0 Å². The fourth-order valence-electron chi connectivity index (χ4n) is 10.8. The Morgan fingerprint density at radius 3 is 1.67 bits per heavy atom. The molecule has 0 saturated carbocycles. The van der Waals surface area contributed by atoms with Crippen molar-refractivity contribution in [3.63, 3.8) is 0 Å². The number of furan rings is 1. The molecule has 9 aromatic carbocycles. The van der Waals surface area contributed by atoms with E-state index in [-0.39, 0.29) is 10.8 Å². The summed E-state index contributed by atoms with van der Waals surface area (Å²) in [5.74, 6) is 1.88. The van der Waals surface area contributed by atoms with Gasteiger partial charge in [-0.3, -0.25) is 0 Å². The molecule has 4 heteroatoms. The number of hydrogen-bond acceptors (Lipinski definition) is 4. The number of rotatable bonds is 3. The lowest BCUT2D eigenvalue weighted by Crippen LogP contribution is -2.15. The number of fused-ring (bicyclic) bond motifs is 14. The maximum absolute atomic E-state index is 6.72. The summed E-state index contributed by atoms with van der Waals surface area (Å²) in [5.41, 5.74) is 14.5. The van der Waals surface area contributed by atoms with E-state index < -0.39 is 0 Å². The van der Waals surface area contributed by atoms with E-state index in [0.29, 0.717) is 17.5 Å². The summed E-state index contributed by atoms with van der Waals surface area (Å²) >= 11 is 0. The lowest BCUT2D eigenvalue weighted by molar-refractivity contribution is 0.647. The van der Waals surface area contributed by atoms with Crippen molar-refractivity contribution >= 4 is 54.3 Å². The Kier molecular flexibility index (Phi) is 6.82. The van der Waals surface area contributed by atoms with Crippen LogP contribution in [0.2, 0.25) is 0 Å². The minimum Gasteiger partial charge on any atom is -0.456 e. The Balaban J connectivity index is 1.06. The summed E-state index contributed by atoms with van der Waals surface area (Å²) in [6, 6.07) is 59.2. The lowest BCUT2D eigenvalue weighted by Gasteiger charge is -2.21. The van der Waals surface area contributed by atoms with Crippen LogP contribution in [0.15, 0.2) is 168 Å². The fraction of sp³-hybridized carbons (Fsp3) is 0.105. The zero-order valence-corrected chi connectivity index (χ0v) is 34.3. The zero-order valence-electron chi connectivity index (χ0n) is 34.3. The van der Waals surface area contributed by atoms with Gasteiger partial charge in [0, 0.05) is 38.3 Å². The Morgan fingerprint density at radius 2 is 0.902 bits per heavy atom. The second-order valence-corrected chi connectivity index (χ2v) is 18.0. The van der Waals surface area contributed by atoms with E-state index in [0.717, 1.165) is 38.6 Å². The predicted octanol–water partition coefficient (Wildman–Crippen LogP) is 14.8. The van der Waals surface area contributed by atoms with E-state index in [1.165, 1.54) is 76.8 Å². The molecule has 2 aliphatic carbocycles. The van der Waals surface area contributed by atoms with Crippen LogP contribution in [0.5, 0.6) is 0 Å². The topological polar surface area (TPSA) is 51.8 Å². The highest BCUT2D eigenvalue weighted by Gasteiger charge is 2.37. The Labute approximate surface area is 353 Å². The van der Waals surface area contributed by atoms with Gasteiger partial charge in [-0.1, -0.05) is 161 Å². The van der Waals surface area contributed by atoms with E-state index in [2.05, 4.69) is 191 Å². The molecule has 2 aromatic heterocycles. The normalized spacial score (nSPS) is 14.5. The molecule has 0 N–H and O–H groups in total. The molecule has 4 nitrogen and oxygen atoms in total. The molecule has 0 fully saturated rings. The van der Waals surface area contributed by atoms with Crippen molar-refractivity contribution in [3.8, 4) is 56.4 Å². The third-order valence-electron chi connectivity index (χ3n) is 13.9. The molecule has 0 atom stereocenters. The quantitative estimate of drug-likeness (QED) is 0.168. The van der Waals surface area contributed by atoms with Crippen molar-refractivity contribution in [1.82, 2.24) is 15.0 Å². The van der Waals surface area contributed by atoms with E-state index in [1.807, 2.05) is 0 Å². The van der Waals surface area contributed by atoms with Crippen molar-refractivity contribution in [2.24, 2.45) is 0 Å². The molecule has 2 aliphatic rings. The molecule has 0 amide bonds. The van der Waals surface area contributed by atoms with Gasteiger partial charge in [-0.25, -0.2) is 15.0 Å². The molecule has 0 unspecified atom stereocenters. The highest BCUT2D eigenvalue weighted by molar-refractivity contribution is 6.20. The summed E-state index contributed by atoms with van der Waals surface area (Å²) in [5, 5.41) is 9.31. The smallest absolute Gasteiger partial charge is 0.164 e. The fourth-order valence-corrected chi connectivity index (χ4v) is 10.8. The summed E-state index contributed by atoms with van der Waals surface area (Å²) in [4.78, 5) is 16.1. The minimum atomic E-state index is -0.169. The molecule has 0 spiro atoms. The average molecular weight is 782 g/mol. The lowest BCUT2D eigenvalue weighted by atomic mass is 9.82. The van der Waals surface area contributed by atoms with Crippen LogP contribution in [0.3, 0.4) is 0 Å². The van der Waals surface area contributed by atoms with Crippen molar-refractivity contribution in [1.29, 1.82) is 0 Å². The van der Waals surface area contributed by atoms with Crippen LogP contribution in [0.25, 0.3) is 111 Å². The standard InChI is InChI=1S/C57H39N3O/c1-56(2)45-17-9-7-14-38(45)40-27-26-36(29-47(40)56)54-58-53(35-25-22-33-21-24-34-23-20-32-12-5-6-13-37(32)51(34)42(33)28-35)59-55(60-54)41-16-11-19-49-52(41)44-30-43-39-15-8-10-18-46(39)57(3,4)48(43)31-50(44)61-49/h5-31H,1-4H3. The molecule has 11 aromatic rings. The minimum absolute atomic E-state index is 0.136. The zero-order chi connectivity index (χ0) is 40.8.